The van der Waals surface area contributed by atoms with E-state index in [0.717, 1.165) is 24.4 Å². The molecule has 0 unspecified atom stereocenters. The Kier molecular flexibility index (Phi) is 7.05. The van der Waals surface area contributed by atoms with Crippen molar-refractivity contribution in [2.45, 2.75) is 69.1 Å². The highest BCUT2D eigenvalue weighted by atomic mass is 32.2. The van der Waals surface area contributed by atoms with Gasteiger partial charge in [-0.2, -0.15) is 0 Å². The first kappa shape index (κ1) is 22.4. The Morgan fingerprint density at radius 3 is 2.71 bits per heavy atom. The van der Waals surface area contributed by atoms with E-state index in [0.29, 0.717) is 30.6 Å². The molecule has 0 bridgehead atoms. The fourth-order valence-electron chi connectivity index (χ4n) is 4.60. The Bertz CT molecular complexity index is 981. The lowest BCUT2D eigenvalue weighted by Gasteiger charge is -2.28. The number of hydrogen-bond donors (Lipinski definition) is 0. The molecule has 1 saturated carbocycles. The Morgan fingerprint density at radius 1 is 1.26 bits per heavy atom. The van der Waals surface area contributed by atoms with Gasteiger partial charge in [-0.1, -0.05) is 37.9 Å². The van der Waals surface area contributed by atoms with Crippen LogP contribution < -0.4 is 0 Å². The Hall–Kier alpha value is -1.81. The highest BCUT2D eigenvalue weighted by molar-refractivity contribution is 7.99. The van der Waals surface area contributed by atoms with Gasteiger partial charge >= 0.3 is 0 Å². The second-order valence-electron chi connectivity index (χ2n) is 8.38. The lowest BCUT2D eigenvalue weighted by molar-refractivity contribution is -0.130. The molecule has 0 spiro atoms. The van der Waals surface area contributed by atoms with Crippen LogP contribution in [0.25, 0.3) is 11.6 Å². The molecule has 31 heavy (non-hydrogen) atoms. The van der Waals surface area contributed by atoms with E-state index in [2.05, 4.69) is 14.8 Å². The van der Waals surface area contributed by atoms with Crippen LogP contribution >= 0.6 is 11.8 Å². The lowest BCUT2D eigenvalue weighted by Crippen LogP contribution is -2.42. The molecule has 1 atom stereocenters. The first-order chi connectivity index (χ1) is 15.0. The molecule has 0 N–H and O–H groups in total. The van der Waals surface area contributed by atoms with E-state index in [1.807, 2.05) is 19.1 Å². The lowest BCUT2D eigenvalue weighted by atomic mass is 9.95. The number of carbonyl (C=O) groups is 1. The maximum Gasteiger partial charge on any atom is 0.233 e. The van der Waals surface area contributed by atoms with Gasteiger partial charge in [0.15, 0.2) is 20.8 Å². The smallest absolute Gasteiger partial charge is 0.233 e. The van der Waals surface area contributed by atoms with Crippen LogP contribution in [0.1, 0.15) is 57.9 Å². The average molecular weight is 467 g/mol. The normalized spacial score (nSPS) is 21.4. The molecular weight excluding hydrogens is 436 g/mol. The number of thioether (sulfide) groups is 1. The summed E-state index contributed by atoms with van der Waals surface area (Å²) in [6.45, 7) is 2.58. The quantitative estimate of drug-likeness (QED) is 0.549. The van der Waals surface area contributed by atoms with Crippen molar-refractivity contribution in [2.75, 3.05) is 23.8 Å². The third-order valence-corrected chi connectivity index (χ3v) is 8.78. The summed E-state index contributed by atoms with van der Waals surface area (Å²) in [6.07, 6.45) is 8.67. The number of nitrogens with zero attached hydrogens (tertiary/aromatic N) is 4. The zero-order valence-electron chi connectivity index (χ0n) is 17.9. The van der Waals surface area contributed by atoms with E-state index >= 15 is 0 Å². The van der Waals surface area contributed by atoms with E-state index in [1.165, 1.54) is 31.0 Å². The summed E-state index contributed by atoms with van der Waals surface area (Å²) in [5.74, 6) is 1.82. The van der Waals surface area contributed by atoms with Crippen LogP contribution in [0.4, 0.5) is 0 Å². The van der Waals surface area contributed by atoms with Crippen molar-refractivity contribution in [3.8, 4) is 11.6 Å². The monoisotopic (exact) mass is 466 g/mol. The third kappa shape index (κ3) is 5.16. The van der Waals surface area contributed by atoms with Crippen LogP contribution in [0, 0.1) is 0 Å². The van der Waals surface area contributed by atoms with Crippen LogP contribution in [0.2, 0.25) is 0 Å². The molecule has 2 fully saturated rings. The Balaban J connectivity index is 1.51. The minimum Gasteiger partial charge on any atom is -0.461 e. The van der Waals surface area contributed by atoms with Gasteiger partial charge in [-0.3, -0.25) is 9.36 Å². The highest BCUT2D eigenvalue weighted by Gasteiger charge is 2.34. The average Bonchev–Trinajstić information content (AvgIpc) is 3.50. The number of hydrogen-bond acceptors (Lipinski definition) is 7. The zero-order valence-corrected chi connectivity index (χ0v) is 19.5. The van der Waals surface area contributed by atoms with E-state index in [4.69, 9.17) is 4.42 Å². The Morgan fingerprint density at radius 2 is 2.06 bits per heavy atom. The fraction of sp³-hybridized carbons (Fsp3) is 0.667. The highest BCUT2D eigenvalue weighted by Crippen LogP contribution is 2.35. The van der Waals surface area contributed by atoms with Crippen molar-refractivity contribution in [2.24, 2.45) is 0 Å². The summed E-state index contributed by atoms with van der Waals surface area (Å²) in [4.78, 5) is 14.8. The predicted molar refractivity (Wildman–Crippen MR) is 120 cm³/mol. The minimum atomic E-state index is -3.04. The first-order valence-corrected chi connectivity index (χ1v) is 13.9. The minimum absolute atomic E-state index is 0.0355. The van der Waals surface area contributed by atoms with Crippen LogP contribution in [-0.2, 0) is 14.6 Å². The van der Waals surface area contributed by atoms with Gasteiger partial charge in [0.05, 0.1) is 23.5 Å². The van der Waals surface area contributed by atoms with Gasteiger partial charge < -0.3 is 9.32 Å². The van der Waals surface area contributed by atoms with Gasteiger partial charge in [-0.05, 0) is 37.8 Å². The van der Waals surface area contributed by atoms with Crippen molar-refractivity contribution in [3.05, 3.63) is 18.4 Å². The van der Waals surface area contributed by atoms with Crippen molar-refractivity contribution in [1.29, 1.82) is 0 Å². The van der Waals surface area contributed by atoms with Crippen LogP contribution in [0.5, 0.6) is 0 Å². The fourth-order valence-corrected chi connectivity index (χ4v) is 7.22. The van der Waals surface area contributed by atoms with E-state index in [9.17, 15) is 13.2 Å². The first-order valence-electron chi connectivity index (χ1n) is 11.1. The molecule has 0 radical (unpaired) electrons. The summed E-state index contributed by atoms with van der Waals surface area (Å²) in [6, 6.07) is 3.80. The number of sulfone groups is 1. The molecule has 8 nitrogen and oxygen atoms in total. The standard InChI is InChI=1S/C21H30N4O4S2/c1-2-11-24(17-10-13-31(27,28)15-17)19(26)14-30-21-23-22-20(18-9-6-12-29-18)25(21)16-7-4-3-5-8-16/h6,9,12,16-17H,2-5,7-8,10-11,13-15H2,1H3/t17-/m0/s1. The van der Waals surface area contributed by atoms with Crippen LogP contribution in [0.3, 0.4) is 0 Å². The second kappa shape index (κ2) is 9.77. The number of amides is 1. The number of furan rings is 1. The van der Waals surface area contributed by atoms with Crippen molar-refractivity contribution in [1.82, 2.24) is 19.7 Å². The molecule has 1 saturated heterocycles. The molecule has 10 heteroatoms. The summed E-state index contributed by atoms with van der Waals surface area (Å²) in [5, 5.41) is 9.50. The molecule has 2 aromatic heterocycles. The number of rotatable bonds is 8. The summed E-state index contributed by atoms with van der Waals surface area (Å²) >= 11 is 1.39. The Labute approximate surface area is 187 Å². The van der Waals surface area contributed by atoms with Crippen molar-refractivity contribution in [3.63, 3.8) is 0 Å². The molecule has 4 rings (SSSR count). The molecule has 3 heterocycles. The van der Waals surface area contributed by atoms with Crippen molar-refractivity contribution < 1.29 is 17.6 Å². The number of carbonyl (C=O) groups excluding carboxylic acids is 1. The van der Waals surface area contributed by atoms with Gasteiger partial charge in [0.1, 0.15) is 0 Å². The summed E-state index contributed by atoms with van der Waals surface area (Å²) < 4.78 is 31.5. The topological polar surface area (TPSA) is 98.3 Å². The van der Waals surface area contributed by atoms with Gasteiger partial charge in [0.25, 0.3) is 0 Å². The molecule has 1 aliphatic carbocycles. The van der Waals surface area contributed by atoms with E-state index in [1.54, 1.807) is 11.2 Å². The van der Waals surface area contributed by atoms with Crippen molar-refractivity contribution >= 4 is 27.5 Å². The zero-order chi connectivity index (χ0) is 21.8. The molecule has 1 amide bonds. The molecule has 2 aromatic rings. The largest absolute Gasteiger partial charge is 0.461 e. The van der Waals surface area contributed by atoms with E-state index < -0.39 is 9.84 Å². The van der Waals surface area contributed by atoms with Gasteiger partial charge in [0, 0.05) is 18.6 Å². The molecule has 170 valence electrons. The summed E-state index contributed by atoms with van der Waals surface area (Å²) in [7, 11) is -3.04. The van der Waals surface area contributed by atoms with E-state index in [-0.39, 0.29) is 29.2 Å². The third-order valence-electron chi connectivity index (χ3n) is 6.10. The van der Waals surface area contributed by atoms with Gasteiger partial charge in [0.2, 0.25) is 11.7 Å². The maximum atomic E-state index is 13.1. The summed E-state index contributed by atoms with van der Waals surface area (Å²) in [5.41, 5.74) is 0. The number of aromatic nitrogens is 3. The molecule has 2 aliphatic rings. The second-order valence-corrected chi connectivity index (χ2v) is 11.5. The van der Waals surface area contributed by atoms with Gasteiger partial charge in [-0.25, -0.2) is 8.42 Å². The molecular formula is C21H30N4O4S2. The molecule has 1 aliphatic heterocycles. The SMILES string of the molecule is CCCN(C(=O)CSc1nnc(-c2ccco2)n1C1CCCCC1)[C@H]1CCS(=O)(=O)C1. The maximum absolute atomic E-state index is 13.1. The predicted octanol–water partition coefficient (Wildman–Crippen LogP) is 3.56. The van der Waals surface area contributed by atoms with Crippen LogP contribution in [0.15, 0.2) is 28.0 Å². The van der Waals surface area contributed by atoms with Gasteiger partial charge in [-0.15, -0.1) is 10.2 Å². The van der Waals surface area contributed by atoms with Crippen LogP contribution in [-0.4, -0.2) is 63.8 Å². The molecule has 0 aromatic carbocycles.